The first-order valence-corrected chi connectivity index (χ1v) is 5.87. The van der Waals surface area contributed by atoms with E-state index in [0.717, 1.165) is 0 Å². The highest BCUT2D eigenvalue weighted by Crippen LogP contribution is 2.05. The number of rotatable bonds is 5. The van der Waals surface area contributed by atoms with E-state index in [1.54, 1.807) is 25.1 Å². The zero-order valence-corrected chi connectivity index (χ0v) is 10.9. The van der Waals surface area contributed by atoms with Crippen molar-refractivity contribution in [2.75, 3.05) is 20.2 Å². The van der Waals surface area contributed by atoms with Crippen LogP contribution in [0.15, 0.2) is 30.3 Å². The van der Waals surface area contributed by atoms with Crippen molar-refractivity contribution >= 4 is 18.0 Å². The summed E-state index contributed by atoms with van der Waals surface area (Å²) in [6.45, 7) is 1.89. The Bertz CT molecular complexity index is 468. The Kier molecular flexibility index (Phi) is 5.73. The molecule has 1 aromatic carbocycles. The van der Waals surface area contributed by atoms with Gasteiger partial charge in [-0.05, 0) is 30.7 Å². The third-order valence-corrected chi connectivity index (χ3v) is 2.34. The van der Waals surface area contributed by atoms with Crippen molar-refractivity contribution in [3.63, 3.8) is 0 Å². The average molecular weight is 265 g/mol. The number of benzene rings is 1. The van der Waals surface area contributed by atoms with E-state index in [0.29, 0.717) is 5.56 Å². The molecular weight excluding hydrogens is 249 g/mol. The van der Waals surface area contributed by atoms with Crippen LogP contribution in [0.4, 0.5) is 4.39 Å². The van der Waals surface area contributed by atoms with Gasteiger partial charge >= 0.3 is 5.97 Å². The van der Waals surface area contributed by atoms with E-state index in [-0.39, 0.29) is 24.9 Å². The number of nitrogens with zero attached hydrogens (tertiary/aromatic N) is 1. The summed E-state index contributed by atoms with van der Waals surface area (Å²) < 4.78 is 17.4. The minimum absolute atomic E-state index is 0.0968. The number of ether oxygens (including phenoxy) is 1. The number of carbonyl (C=O) groups excluding carboxylic acids is 2. The average Bonchev–Trinajstić information content (AvgIpc) is 2.37. The maximum atomic E-state index is 12.7. The molecule has 5 heteroatoms. The molecular formula is C14H16FNO3. The van der Waals surface area contributed by atoms with Gasteiger partial charge in [0.25, 0.3) is 0 Å². The minimum Gasteiger partial charge on any atom is -0.465 e. The molecule has 0 aliphatic heterocycles. The van der Waals surface area contributed by atoms with E-state index in [9.17, 15) is 14.0 Å². The van der Waals surface area contributed by atoms with Gasteiger partial charge < -0.3 is 9.64 Å². The molecule has 102 valence electrons. The molecule has 0 N–H and O–H groups in total. The molecule has 19 heavy (non-hydrogen) atoms. The van der Waals surface area contributed by atoms with Crippen molar-refractivity contribution in [2.24, 2.45) is 0 Å². The van der Waals surface area contributed by atoms with E-state index in [4.69, 9.17) is 4.74 Å². The number of halogens is 1. The van der Waals surface area contributed by atoms with Crippen LogP contribution < -0.4 is 0 Å². The van der Waals surface area contributed by atoms with Gasteiger partial charge in [0.15, 0.2) is 0 Å². The van der Waals surface area contributed by atoms with Gasteiger partial charge in [0.05, 0.1) is 6.61 Å². The van der Waals surface area contributed by atoms with Crippen LogP contribution in [0.25, 0.3) is 6.08 Å². The molecule has 0 heterocycles. The Morgan fingerprint density at radius 1 is 1.32 bits per heavy atom. The summed E-state index contributed by atoms with van der Waals surface area (Å²) in [6.07, 6.45) is 2.88. The van der Waals surface area contributed by atoms with Crippen LogP contribution in [-0.4, -0.2) is 37.0 Å². The standard InChI is InChI=1S/C14H16FNO3/c1-3-19-14(18)10-16(2)13(17)9-6-11-4-7-12(15)8-5-11/h4-9H,3,10H2,1-2H3. The zero-order valence-electron chi connectivity index (χ0n) is 10.9. The molecule has 0 saturated carbocycles. The van der Waals surface area contributed by atoms with Crippen LogP contribution in [0.1, 0.15) is 12.5 Å². The first-order chi connectivity index (χ1) is 9.02. The summed E-state index contributed by atoms with van der Waals surface area (Å²) in [5.41, 5.74) is 0.708. The second-order valence-corrected chi connectivity index (χ2v) is 3.88. The lowest BCUT2D eigenvalue weighted by atomic mass is 10.2. The summed E-state index contributed by atoms with van der Waals surface area (Å²) in [5.74, 6) is -1.10. The number of carbonyl (C=O) groups is 2. The van der Waals surface area contributed by atoms with Crippen LogP contribution in [0, 0.1) is 5.82 Å². The van der Waals surface area contributed by atoms with Crippen LogP contribution in [0.5, 0.6) is 0 Å². The molecule has 0 unspecified atom stereocenters. The first-order valence-electron chi connectivity index (χ1n) is 5.87. The summed E-state index contributed by atoms with van der Waals surface area (Å²) >= 11 is 0. The normalized spacial score (nSPS) is 10.5. The van der Waals surface area contributed by atoms with Crippen molar-refractivity contribution in [1.82, 2.24) is 4.90 Å². The van der Waals surface area contributed by atoms with Gasteiger partial charge in [-0.15, -0.1) is 0 Å². The number of likely N-dealkylation sites (N-methyl/N-ethyl adjacent to an activating group) is 1. The van der Waals surface area contributed by atoms with Crippen molar-refractivity contribution in [3.8, 4) is 0 Å². The highest BCUT2D eigenvalue weighted by atomic mass is 19.1. The SMILES string of the molecule is CCOC(=O)CN(C)C(=O)C=Cc1ccc(F)cc1. The fourth-order valence-electron chi connectivity index (χ4n) is 1.35. The fraction of sp³-hybridized carbons (Fsp3) is 0.286. The van der Waals surface area contributed by atoms with Crippen LogP contribution in [-0.2, 0) is 14.3 Å². The van der Waals surface area contributed by atoms with Gasteiger partial charge in [-0.2, -0.15) is 0 Å². The highest BCUT2D eigenvalue weighted by Gasteiger charge is 2.10. The lowest BCUT2D eigenvalue weighted by Gasteiger charge is -2.13. The predicted molar refractivity (Wildman–Crippen MR) is 69.7 cm³/mol. The van der Waals surface area contributed by atoms with Gasteiger partial charge in [-0.25, -0.2) is 4.39 Å². The molecule has 0 bridgehead atoms. The van der Waals surface area contributed by atoms with Gasteiger partial charge in [0.2, 0.25) is 5.91 Å². The minimum atomic E-state index is -0.450. The molecule has 1 aromatic rings. The van der Waals surface area contributed by atoms with Gasteiger partial charge in [0, 0.05) is 13.1 Å². The van der Waals surface area contributed by atoms with Crippen molar-refractivity contribution in [1.29, 1.82) is 0 Å². The van der Waals surface area contributed by atoms with E-state index in [1.807, 2.05) is 0 Å². The Labute approximate surface area is 111 Å². The molecule has 4 nitrogen and oxygen atoms in total. The molecule has 1 amide bonds. The maximum absolute atomic E-state index is 12.7. The topological polar surface area (TPSA) is 46.6 Å². The molecule has 0 aliphatic carbocycles. The van der Waals surface area contributed by atoms with E-state index in [1.165, 1.54) is 30.2 Å². The van der Waals surface area contributed by atoms with Crippen LogP contribution in [0.2, 0.25) is 0 Å². The van der Waals surface area contributed by atoms with E-state index in [2.05, 4.69) is 0 Å². The second-order valence-electron chi connectivity index (χ2n) is 3.88. The summed E-state index contributed by atoms with van der Waals surface area (Å²) in [5, 5.41) is 0. The van der Waals surface area contributed by atoms with Gasteiger partial charge in [0.1, 0.15) is 12.4 Å². The van der Waals surface area contributed by atoms with Gasteiger partial charge in [-0.1, -0.05) is 12.1 Å². The number of amides is 1. The van der Waals surface area contributed by atoms with Crippen molar-refractivity contribution in [2.45, 2.75) is 6.92 Å². The third kappa shape index (κ3) is 5.33. The quantitative estimate of drug-likeness (QED) is 0.603. The molecule has 0 radical (unpaired) electrons. The first kappa shape index (κ1) is 14.9. The Morgan fingerprint density at radius 2 is 1.95 bits per heavy atom. The van der Waals surface area contributed by atoms with Crippen molar-refractivity contribution in [3.05, 3.63) is 41.7 Å². The van der Waals surface area contributed by atoms with Crippen molar-refractivity contribution < 1.29 is 18.7 Å². The largest absolute Gasteiger partial charge is 0.465 e. The second kappa shape index (κ2) is 7.31. The third-order valence-electron chi connectivity index (χ3n) is 2.34. The summed E-state index contributed by atoms with van der Waals surface area (Å²) in [6, 6.07) is 5.74. The highest BCUT2D eigenvalue weighted by molar-refractivity contribution is 5.93. The molecule has 0 spiro atoms. The van der Waals surface area contributed by atoms with E-state index >= 15 is 0 Å². The number of hydrogen-bond donors (Lipinski definition) is 0. The monoisotopic (exact) mass is 265 g/mol. The lowest BCUT2D eigenvalue weighted by Crippen LogP contribution is -2.31. The van der Waals surface area contributed by atoms with Crippen LogP contribution >= 0.6 is 0 Å². The zero-order chi connectivity index (χ0) is 14.3. The Balaban J connectivity index is 2.54. The summed E-state index contributed by atoms with van der Waals surface area (Å²) in [4.78, 5) is 24.1. The molecule has 0 atom stereocenters. The van der Waals surface area contributed by atoms with E-state index < -0.39 is 5.97 Å². The number of esters is 1. The van der Waals surface area contributed by atoms with Crippen LogP contribution in [0.3, 0.4) is 0 Å². The predicted octanol–water partition coefficient (Wildman–Crippen LogP) is 1.86. The molecule has 0 aliphatic rings. The molecule has 0 saturated heterocycles. The summed E-state index contributed by atoms with van der Waals surface area (Å²) in [7, 11) is 1.51. The maximum Gasteiger partial charge on any atom is 0.325 e. The molecule has 0 fully saturated rings. The fourth-order valence-corrected chi connectivity index (χ4v) is 1.35. The van der Waals surface area contributed by atoms with Gasteiger partial charge in [-0.3, -0.25) is 9.59 Å². The molecule has 1 rings (SSSR count). The smallest absolute Gasteiger partial charge is 0.325 e. The molecule has 0 aromatic heterocycles. The Hall–Kier alpha value is -2.17. The number of hydrogen-bond acceptors (Lipinski definition) is 3. The Morgan fingerprint density at radius 3 is 2.53 bits per heavy atom. The lowest BCUT2D eigenvalue weighted by molar-refractivity contribution is -0.146.